The zero-order chi connectivity index (χ0) is 11.6. The van der Waals surface area contributed by atoms with Crippen molar-refractivity contribution < 1.29 is 15.0 Å². The van der Waals surface area contributed by atoms with E-state index in [4.69, 9.17) is 10.8 Å². The van der Waals surface area contributed by atoms with Crippen LogP contribution >= 0.6 is 15.9 Å². The van der Waals surface area contributed by atoms with Gasteiger partial charge in [0.25, 0.3) is 0 Å². The summed E-state index contributed by atoms with van der Waals surface area (Å²) >= 11 is 3.21. The van der Waals surface area contributed by atoms with E-state index in [1.165, 1.54) is 0 Å². The Morgan fingerprint density at radius 3 is 2.67 bits per heavy atom. The number of hydrogen-bond acceptors (Lipinski definition) is 3. The highest BCUT2D eigenvalue weighted by atomic mass is 79.9. The molecule has 0 aliphatic heterocycles. The molecule has 0 spiro atoms. The van der Waals surface area contributed by atoms with Gasteiger partial charge in [-0.15, -0.1) is 0 Å². The molecule has 0 radical (unpaired) electrons. The third kappa shape index (κ3) is 2.30. The fraction of sp³-hybridized carbons (Fsp3) is 0.300. The number of hydrogen-bond donors (Lipinski definition) is 3. The maximum Gasteiger partial charge on any atom is 0.312 e. The minimum absolute atomic E-state index is 0.0118. The third-order valence-electron chi connectivity index (χ3n) is 2.25. The van der Waals surface area contributed by atoms with Crippen LogP contribution in [0.5, 0.6) is 5.75 Å². The van der Waals surface area contributed by atoms with Crippen LogP contribution in [-0.4, -0.2) is 22.7 Å². The van der Waals surface area contributed by atoms with Crippen molar-refractivity contribution >= 4 is 21.9 Å². The molecule has 0 heterocycles. The molecule has 15 heavy (non-hydrogen) atoms. The summed E-state index contributed by atoms with van der Waals surface area (Å²) in [5.41, 5.74) is 6.35. The SMILES string of the molecule is Cc1ccc(Br)c(C(CN)C(=O)O)c1O. The van der Waals surface area contributed by atoms with Crippen LogP contribution in [0.25, 0.3) is 0 Å². The summed E-state index contributed by atoms with van der Waals surface area (Å²) in [5.74, 6) is -1.94. The van der Waals surface area contributed by atoms with Crippen LogP contribution in [0.2, 0.25) is 0 Å². The van der Waals surface area contributed by atoms with E-state index in [1.54, 1.807) is 19.1 Å². The summed E-state index contributed by atoms with van der Waals surface area (Å²) in [6.07, 6.45) is 0. The topological polar surface area (TPSA) is 83.6 Å². The van der Waals surface area contributed by atoms with Crippen LogP contribution in [0.1, 0.15) is 17.0 Å². The average molecular weight is 274 g/mol. The molecule has 5 heteroatoms. The van der Waals surface area contributed by atoms with Crippen LogP contribution < -0.4 is 5.73 Å². The summed E-state index contributed by atoms with van der Waals surface area (Å²) in [5, 5.41) is 18.7. The highest BCUT2D eigenvalue weighted by Gasteiger charge is 2.24. The summed E-state index contributed by atoms with van der Waals surface area (Å²) in [4.78, 5) is 10.9. The summed E-state index contributed by atoms with van der Waals surface area (Å²) in [6.45, 7) is 1.66. The normalized spacial score (nSPS) is 12.5. The maximum atomic E-state index is 10.9. The van der Waals surface area contributed by atoms with Gasteiger partial charge in [0.15, 0.2) is 0 Å². The van der Waals surface area contributed by atoms with Gasteiger partial charge in [-0.2, -0.15) is 0 Å². The van der Waals surface area contributed by atoms with Gasteiger partial charge in [0.2, 0.25) is 0 Å². The standard InChI is InChI=1S/C10H12BrNO3/c1-5-2-3-7(11)8(9(5)13)6(4-12)10(14)15/h2-3,6,13H,4,12H2,1H3,(H,14,15). The number of benzene rings is 1. The first-order valence-electron chi connectivity index (χ1n) is 4.39. The van der Waals surface area contributed by atoms with Crippen LogP contribution in [0.3, 0.4) is 0 Å². The van der Waals surface area contributed by atoms with Crippen molar-refractivity contribution in [2.24, 2.45) is 5.73 Å². The zero-order valence-electron chi connectivity index (χ0n) is 8.20. The lowest BCUT2D eigenvalue weighted by molar-refractivity contribution is -0.138. The Labute approximate surface area is 95.8 Å². The van der Waals surface area contributed by atoms with E-state index in [0.717, 1.165) is 0 Å². The molecule has 4 nitrogen and oxygen atoms in total. The molecule has 0 aromatic heterocycles. The predicted octanol–water partition coefficient (Wildman–Crippen LogP) is 1.59. The van der Waals surface area contributed by atoms with Crippen molar-refractivity contribution in [1.82, 2.24) is 0 Å². The van der Waals surface area contributed by atoms with Crippen LogP contribution in [-0.2, 0) is 4.79 Å². The predicted molar refractivity (Wildman–Crippen MR) is 60.0 cm³/mol. The lowest BCUT2D eigenvalue weighted by Crippen LogP contribution is -2.21. The van der Waals surface area contributed by atoms with Crippen molar-refractivity contribution in [1.29, 1.82) is 0 Å². The first-order chi connectivity index (χ1) is 6.99. The highest BCUT2D eigenvalue weighted by molar-refractivity contribution is 9.10. The Kier molecular flexibility index (Phi) is 3.71. The number of carbonyl (C=O) groups is 1. The van der Waals surface area contributed by atoms with Crippen molar-refractivity contribution in [2.75, 3.05) is 6.54 Å². The second-order valence-electron chi connectivity index (χ2n) is 3.25. The second kappa shape index (κ2) is 4.63. The van der Waals surface area contributed by atoms with Gasteiger partial charge in [0.1, 0.15) is 5.75 Å². The van der Waals surface area contributed by atoms with Gasteiger partial charge in [0, 0.05) is 16.6 Å². The van der Waals surface area contributed by atoms with Gasteiger partial charge in [0.05, 0.1) is 5.92 Å². The number of phenols is 1. The molecule has 0 fully saturated rings. The molecular weight excluding hydrogens is 262 g/mol. The summed E-state index contributed by atoms with van der Waals surface area (Å²) < 4.78 is 0.559. The fourth-order valence-corrected chi connectivity index (χ4v) is 1.96. The number of phenolic OH excluding ortho intramolecular Hbond substituents is 1. The molecule has 1 aromatic carbocycles. The lowest BCUT2D eigenvalue weighted by Gasteiger charge is -2.15. The number of aliphatic carboxylic acids is 1. The zero-order valence-corrected chi connectivity index (χ0v) is 9.78. The monoisotopic (exact) mass is 273 g/mol. The number of aromatic hydroxyl groups is 1. The summed E-state index contributed by atoms with van der Waals surface area (Å²) in [6, 6.07) is 3.41. The quantitative estimate of drug-likeness (QED) is 0.781. The first-order valence-corrected chi connectivity index (χ1v) is 5.19. The minimum Gasteiger partial charge on any atom is -0.507 e. The minimum atomic E-state index is -1.04. The molecular formula is C10H12BrNO3. The second-order valence-corrected chi connectivity index (χ2v) is 4.11. The van der Waals surface area contributed by atoms with E-state index < -0.39 is 11.9 Å². The van der Waals surface area contributed by atoms with Crippen LogP contribution in [0, 0.1) is 6.92 Å². The van der Waals surface area contributed by atoms with Gasteiger partial charge in [-0.05, 0) is 18.6 Å². The molecule has 1 atom stereocenters. The molecule has 1 aromatic rings. The molecule has 82 valence electrons. The van der Waals surface area contributed by atoms with Crippen molar-refractivity contribution in [3.63, 3.8) is 0 Å². The number of halogens is 1. The molecule has 0 bridgehead atoms. The number of carboxylic acids is 1. The van der Waals surface area contributed by atoms with E-state index in [2.05, 4.69) is 15.9 Å². The number of carboxylic acid groups (broad SMARTS) is 1. The van der Waals surface area contributed by atoms with Gasteiger partial charge in [-0.25, -0.2) is 0 Å². The van der Waals surface area contributed by atoms with Crippen LogP contribution in [0.4, 0.5) is 0 Å². The van der Waals surface area contributed by atoms with E-state index in [-0.39, 0.29) is 12.3 Å². The molecule has 0 saturated carbocycles. The Morgan fingerprint density at radius 1 is 1.60 bits per heavy atom. The largest absolute Gasteiger partial charge is 0.507 e. The Balaban J connectivity index is 3.34. The van der Waals surface area contributed by atoms with Gasteiger partial charge < -0.3 is 15.9 Å². The Bertz CT molecular complexity index is 392. The van der Waals surface area contributed by atoms with Crippen LogP contribution in [0.15, 0.2) is 16.6 Å². The maximum absolute atomic E-state index is 10.9. The molecule has 0 amide bonds. The fourth-order valence-electron chi connectivity index (χ4n) is 1.37. The molecule has 0 aliphatic carbocycles. The van der Waals surface area contributed by atoms with Crippen molar-refractivity contribution in [3.05, 3.63) is 27.7 Å². The summed E-state index contributed by atoms with van der Waals surface area (Å²) in [7, 11) is 0. The number of rotatable bonds is 3. The van der Waals surface area contributed by atoms with Gasteiger partial charge in [-0.3, -0.25) is 4.79 Å². The van der Waals surface area contributed by atoms with Crippen molar-refractivity contribution in [2.45, 2.75) is 12.8 Å². The van der Waals surface area contributed by atoms with E-state index in [9.17, 15) is 9.90 Å². The smallest absolute Gasteiger partial charge is 0.312 e. The highest BCUT2D eigenvalue weighted by Crippen LogP contribution is 2.35. The lowest BCUT2D eigenvalue weighted by atomic mass is 9.96. The molecule has 1 unspecified atom stereocenters. The van der Waals surface area contributed by atoms with Crippen molar-refractivity contribution in [3.8, 4) is 5.75 Å². The van der Waals surface area contributed by atoms with E-state index in [1.807, 2.05) is 0 Å². The Hall–Kier alpha value is -1.07. The molecule has 4 N–H and O–H groups in total. The molecule has 0 saturated heterocycles. The Morgan fingerprint density at radius 2 is 2.20 bits per heavy atom. The van der Waals surface area contributed by atoms with Gasteiger partial charge in [-0.1, -0.05) is 22.0 Å². The third-order valence-corrected chi connectivity index (χ3v) is 2.94. The van der Waals surface area contributed by atoms with Gasteiger partial charge >= 0.3 is 5.97 Å². The molecule has 0 aliphatic rings. The number of aryl methyl sites for hydroxylation is 1. The first kappa shape index (κ1) is 12.0. The average Bonchev–Trinajstić information content (AvgIpc) is 2.18. The molecule has 1 rings (SSSR count). The number of nitrogens with two attached hydrogens (primary N) is 1. The van der Waals surface area contributed by atoms with E-state index >= 15 is 0 Å². The van der Waals surface area contributed by atoms with E-state index in [0.29, 0.717) is 15.6 Å².